The van der Waals surface area contributed by atoms with Crippen molar-refractivity contribution in [1.29, 1.82) is 0 Å². The van der Waals surface area contributed by atoms with E-state index in [2.05, 4.69) is 48.3 Å². The van der Waals surface area contributed by atoms with Crippen LogP contribution in [0.3, 0.4) is 0 Å². The molecule has 0 amide bonds. The Morgan fingerprint density at radius 3 is 2.22 bits per heavy atom. The van der Waals surface area contributed by atoms with Gasteiger partial charge in [-0.2, -0.15) is 5.10 Å². The highest BCUT2D eigenvalue weighted by Gasteiger charge is 2.21. The third-order valence-electron chi connectivity index (χ3n) is 5.17. The summed E-state index contributed by atoms with van der Waals surface area (Å²) in [5, 5.41) is 5.88. The molecule has 0 saturated heterocycles. The number of benzene rings is 3. The van der Waals surface area contributed by atoms with Crippen LogP contribution in [0, 0.1) is 6.92 Å². The smallest absolute Gasteiger partial charge is 0.143 e. The number of hydrogen-bond acceptors (Lipinski definition) is 4. The molecule has 6 heteroatoms. The van der Waals surface area contributed by atoms with Crippen molar-refractivity contribution < 1.29 is 4.74 Å². The second kappa shape index (κ2) is 8.77. The van der Waals surface area contributed by atoms with Crippen LogP contribution in [0.15, 0.2) is 103 Å². The molecule has 0 N–H and O–H groups in total. The fraction of sp³-hybridized carbons (Fsp3) is 0.0769. The first-order chi connectivity index (χ1) is 15.7. The van der Waals surface area contributed by atoms with Gasteiger partial charge < -0.3 is 9.30 Å². The highest BCUT2D eigenvalue weighted by molar-refractivity contribution is 7.98. The lowest BCUT2D eigenvalue weighted by Crippen LogP contribution is -2.01. The predicted molar refractivity (Wildman–Crippen MR) is 129 cm³/mol. The van der Waals surface area contributed by atoms with Crippen LogP contribution < -0.4 is 4.74 Å². The lowest BCUT2D eigenvalue weighted by molar-refractivity contribution is 0.483. The molecule has 0 radical (unpaired) electrons. The summed E-state index contributed by atoms with van der Waals surface area (Å²) in [6.07, 6.45) is 7.59. The standard InChI is InChI=1S/C26H22N4OS/c1-19-8-12-21(13-9-19)30-24(25(26(28-30)32-2)29-17-16-27-18-29)20-10-14-23(15-11-20)31-22-6-4-3-5-7-22/h3-18H,1-2H3. The van der Waals surface area contributed by atoms with E-state index in [1.807, 2.05) is 70.5 Å². The topological polar surface area (TPSA) is 44.9 Å². The normalized spacial score (nSPS) is 10.9. The van der Waals surface area contributed by atoms with E-state index in [9.17, 15) is 0 Å². The summed E-state index contributed by atoms with van der Waals surface area (Å²) in [4.78, 5) is 4.26. The Balaban J connectivity index is 1.63. The third kappa shape index (κ3) is 3.92. The zero-order valence-electron chi connectivity index (χ0n) is 17.8. The SMILES string of the molecule is CSc1nn(-c2ccc(C)cc2)c(-c2ccc(Oc3ccccc3)cc2)c1-n1ccnc1. The lowest BCUT2D eigenvalue weighted by Gasteiger charge is -2.12. The van der Waals surface area contributed by atoms with Crippen LogP contribution in [0.4, 0.5) is 0 Å². The number of ether oxygens (including phenoxy) is 1. The Hall–Kier alpha value is -3.77. The Morgan fingerprint density at radius 2 is 1.56 bits per heavy atom. The molecule has 0 saturated carbocycles. The molecule has 0 spiro atoms. The maximum absolute atomic E-state index is 5.98. The first-order valence-electron chi connectivity index (χ1n) is 10.3. The monoisotopic (exact) mass is 438 g/mol. The molecule has 32 heavy (non-hydrogen) atoms. The van der Waals surface area contributed by atoms with Crippen molar-refractivity contribution in [2.24, 2.45) is 0 Å². The van der Waals surface area contributed by atoms with E-state index in [4.69, 9.17) is 9.84 Å². The number of imidazole rings is 1. The van der Waals surface area contributed by atoms with Gasteiger partial charge in [0.15, 0.2) is 0 Å². The zero-order valence-corrected chi connectivity index (χ0v) is 18.7. The van der Waals surface area contributed by atoms with Crippen LogP contribution in [0.5, 0.6) is 11.5 Å². The van der Waals surface area contributed by atoms with Gasteiger partial charge in [-0.05, 0) is 61.7 Å². The molecule has 5 aromatic rings. The molecule has 2 aromatic heterocycles. The van der Waals surface area contributed by atoms with E-state index in [0.29, 0.717) is 0 Å². The predicted octanol–water partition coefficient (Wildman–Crippen LogP) is 6.55. The molecule has 0 bridgehead atoms. The third-order valence-corrected chi connectivity index (χ3v) is 5.83. The van der Waals surface area contributed by atoms with Crippen LogP contribution in [0.1, 0.15) is 5.56 Å². The molecule has 0 aliphatic heterocycles. The second-order valence-corrected chi connectivity index (χ2v) is 8.16. The number of hydrogen-bond donors (Lipinski definition) is 0. The Bertz CT molecular complexity index is 1310. The molecule has 5 rings (SSSR count). The molecule has 0 fully saturated rings. The summed E-state index contributed by atoms with van der Waals surface area (Å²) in [6.45, 7) is 2.09. The van der Waals surface area contributed by atoms with Gasteiger partial charge in [-0.15, -0.1) is 11.8 Å². The summed E-state index contributed by atoms with van der Waals surface area (Å²) in [5.74, 6) is 1.60. The van der Waals surface area contributed by atoms with Gasteiger partial charge in [0.2, 0.25) is 0 Å². The molecule has 0 unspecified atom stereocenters. The van der Waals surface area contributed by atoms with Crippen molar-refractivity contribution in [3.63, 3.8) is 0 Å². The molecule has 0 aliphatic carbocycles. The summed E-state index contributed by atoms with van der Waals surface area (Å²) in [6, 6.07) is 26.3. The van der Waals surface area contributed by atoms with Gasteiger partial charge in [0.25, 0.3) is 0 Å². The van der Waals surface area contributed by atoms with Crippen molar-refractivity contribution in [3.05, 3.63) is 103 Å². The summed E-state index contributed by atoms with van der Waals surface area (Å²) in [5.41, 5.74) is 5.28. The molecule has 0 aliphatic rings. The van der Waals surface area contributed by atoms with Crippen LogP contribution in [-0.4, -0.2) is 25.6 Å². The van der Waals surface area contributed by atoms with Gasteiger partial charge in [-0.1, -0.05) is 35.9 Å². The number of aromatic nitrogens is 4. The molecule has 0 atom stereocenters. The number of aryl methyl sites for hydroxylation is 1. The minimum atomic E-state index is 0.788. The molecular formula is C26H22N4OS. The molecule has 158 valence electrons. The zero-order chi connectivity index (χ0) is 21.9. The van der Waals surface area contributed by atoms with Crippen molar-refractivity contribution in [2.45, 2.75) is 11.9 Å². The fourth-order valence-corrected chi connectivity index (χ4v) is 4.15. The van der Waals surface area contributed by atoms with E-state index in [1.54, 1.807) is 18.0 Å². The number of para-hydroxylation sites is 1. The Labute approximate surface area is 191 Å². The lowest BCUT2D eigenvalue weighted by atomic mass is 10.1. The van der Waals surface area contributed by atoms with E-state index in [1.165, 1.54) is 5.56 Å². The van der Waals surface area contributed by atoms with E-state index < -0.39 is 0 Å². The summed E-state index contributed by atoms with van der Waals surface area (Å²) in [7, 11) is 0. The maximum Gasteiger partial charge on any atom is 0.143 e. The van der Waals surface area contributed by atoms with Gasteiger partial charge in [-0.25, -0.2) is 9.67 Å². The molecule has 3 aromatic carbocycles. The van der Waals surface area contributed by atoms with Gasteiger partial charge in [0.1, 0.15) is 22.2 Å². The van der Waals surface area contributed by atoms with Crippen LogP contribution >= 0.6 is 11.8 Å². The largest absolute Gasteiger partial charge is 0.457 e. The summed E-state index contributed by atoms with van der Waals surface area (Å²) < 4.78 is 10.0. The Morgan fingerprint density at radius 1 is 0.844 bits per heavy atom. The van der Waals surface area contributed by atoms with E-state index in [-0.39, 0.29) is 0 Å². The number of rotatable bonds is 6. The van der Waals surface area contributed by atoms with Crippen molar-refractivity contribution >= 4 is 11.8 Å². The first kappa shape index (κ1) is 20.2. The van der Waals surface area contributed by atoms with E-state index in [0.717, 1.165) is 39.2 Å². The summed E-state index contributed by atoms with van der Waals surface area (Å²) >= 11 is 1.62. The fourth-order valence-electron chi connectivity index (χ4n) is 3.59. The molecule has 5 nitrogen and oxygen atoms in total. The minimum absolute atomic E-state index is 0.788. The Kier molecular flexibility index (Phi) is 5.52. The molecule has 2 heterocycles. The van der Waals surface area contributed by atoms with Gasteiger partial charge in [-0.3, -0.25) is 0 Å². The number of nitrogens with zero attached hydrogens (tertiary/aromatic N) is 4. The maximum atomic E-state index is 5.98. The van der Waals surface area contributed by atoms with Gasteiger partial charge in [0, 0.05) is 18.0 Å². The van der Waals surface area contributed by atoms with E-state index >= 15 is 0 Å². The van der Waals surface area contributed by atoms with Crippen molar-refractivity contribution in [1.82, 2.24) is 19.3 Å². The average molecular weight is 439 g/mol. The average Bonchev–Trinajstić information content (AvgIpc) is 3.48. The van der Waals surface area contributed by atoms with Crippen LogP contribution in [0.25, 0.3) is 22.6 Å². The van der Waals surface area contributed by atoms with Crippen LogP contribution in [0.2, 0.25) is 0 Å². The molecular weight excluding hydrogens is 416 g/mol. The first-order valence-corrected chi connectivity index (χ1v) is 11.5. The quantitative estimate of drug-likeness (QED) is 0.282. The number of thioether (sulfide) groups is 1. The van der Waals surface area contributed by atoms with Crippen LogP contribution in [-0.2, 0) is 0 Å². The highest BCUT2D eigenvalue weighted by atomic mass is 32.2. The van der Waals surface area contributed by atoms with Crippen molar-refractivity contribution in [3.8, 4) is 34.1 Å². The van der Waals surface area contributed by atoms with Gasteiger partial charge >= 0.3 is 0 Å². The highest BCUT2D eigenvalue weighted by Crippen LogP contribution is 2.37. The second-order valence-electron chi connectivity index (χ2n) is 7.36. The van der Waals surface area contributed by atoms with Crippen molar-refractivity contribution in [2.75, 3.05) is 6.26 Å². The minimum Gasteiger partial charge on any atom is -0.457 e. The van der Waals surface area contributed by atoms with Gasteiger partial charge in [0.05, 0.1) is 17.7 Å².